The van der Waals surface area contributed by atoms with Crippen LogP contribution in [-0.4, -0.2) is 17.2 Å². The molecule has 1 rings (SSSR count). The second-order valence-corrected chi connectivity index (χ2v) is 8.87. The van der Waals surface area contributed by atoms with Gasteiger partial charge in [-0.3, -0.25) is 4.57 Å². The fourth-order valence-corrected chi connectivity index (χ4v) is 5.53. The van der Waals surface area contributed by atoms with Crippen molar-refractivity contribution in [3.8, 4) is 0 Å². The van der Waals surface area contributed by atoms with Gasteiger partial charge in [0.05, 0.1) is 13.2 Å². The van der Waals surface area contributed by atoms with Crippen LogP contribution in [0.25, 0.3) is 0 Å². The van der Waals surface area contributed by atoms with Crippen LogP contribution in [0.15, 0.2) is 35.2 Å². The van der Waals surface area contributed by atoms with Gasteiger partial charge in [0.1, 0.15) is 0 Å². The fourth-order valence-electron chi connectivity index (χ4n) is 1.56. The molecule has 0 fully saturated rings. The number of hydrogen-bond donors (Lipinski definition) is 0. The minimum atomic E-state index is -3.38. The summed E-state index contributed by atoms with van der Waals surface area (Å²) in [6.45, 7) is 6.06. The number of benzene rings is 1. The lowest BCUT2D eigenvalue weighted by Crippen LogP contribution is -2.19. The smallest absolute Gasteiger partial charge is 0.307 e. The van der Waals surface area contributed by atoms with Crippen LogP contribution >= 0.6 is 31.0 Å². The first kappa shape index (κ1) is 17.1. The van der Waals surface area contributed by atoms with E-state index in [0.717, 1.165) is 4.90 Å². The summed E-state index contributed by atoms with van der Waals surface area (Å²) in [7, 11) is -3.38. The minimum Gasteiger partial charge on any atom is -0.307 e. The van der Waals surface area contributed by atoms with E-state index in [2.05, 4.69) is 0 Å². The highest BCUT2D eigenvalue weighted by atomic mass is 35.5. The molecule has 1 unspecified atom stereocenters. The lowest BCUT2D eigenvalue weighted by atomic mass is 10.4. The Morgan fingerprint density at radius 1 is 1.16 bits per heavy atom. The molecule has 0 aliphatic rings. The first-order chi connectivity index (χ1) is 9.01. The van der Waals surface area contributed by atoms with Gasteiger partial charge in [-0.25, -0.2) is 0 Å². The largest absolute Gasteiger partial charge is 0.361 e. The predicted octanol–water partition coefficient (Wildman–Crippen LogP) is 5.35. The summed E-state index contributed by atoms with van der Waals surface area (Å²) in [6, 6.07) is 9.62. The summed E-state index contributed by atoms with van der Waals surface area (Å²) in [5, 5.41) is 0. The molecular weight excluding hydrogens is 303 g/mol. The lowest BCUT2D eigenvalue weighted by Gasteiger charge is -2.32. The van der Waals surface area contributed by atoms with Crippen LogP contribution in [0.4, 0.5) is 0 Å². The Bertz CT molecular complexity index is 419. The van der Waals surface area contributed by atoms with Crippen molar-refractivity contribution in [3.63, 3.8) is 0 Å². The lowest BCUT2D eigenvalue weighted by molar-refractivity contribution is 0.215. The van der Waals surface area contributed by atoms with Crippen molar-refractivity contribution in [2.24, 2.45) is 0 Å². The molecule has 0 saturated carbocycles. The molecule has 0 N–H and O–H groups in total. The van der Waals surface area contributed by atoms with E-state index in [1.807, 2.05) is 37.3 Å². The Morgan fingerprint density at radius 2 is 1.68 bits per heavy atom. The molecule has 0 bridgehead atoms. The van der Waals surface area contributed by atoms with Crippen LogP contribution in [0.1, 0.15) is 27.2 Å². The first-order valence-corrected chi connectivity index (χ1v) is 9.07. The topological polar surface area (TPSA) is 35.5 Å². The van der Waals surface area contributed by atoms with Crippen molar-refractivity contribution in [3.05, 3.63) is 30.3 Å². The zero-order valence-electron chi connectivity index (χ0n) is 11.5. The highest BCUT2D eigenvalue weighted by molar-refractivity contribution is 8.08. The van der Waals surface area contributed by atoms with E-state index >= 15 is 0 Å². The fraction of sp³-hybridized carbons (Fsp3) is 0.538. The van der Waals surface area contributed by atoms with Gasteiger partial charge in [0, 0.05) is 4.90 Å². The number of halogens is 1. The molecule has 3 nitrogen and oxygen atoms in total. The zero-order chi connectivity index (χ0) is 14.4. The molecule has 0 aromatic heterocycles. The Kier molecular flexibility index (Phi) is 6.92. The molecule has 0 heterocycles. The van der Waals surface area contributed by atoms with Gasteiger partial charge in [-0.15, -0.1) is 0 Å². The highest BCUT2D eigenvalue weighted by Gasteiger charge is 2.49. The van der Waals surface area contributed by atoms with Gasteiger partial charge in [0.15, 0.2) is 3.95 Å². The molecule has 1 atom stereocenters. The Hall–Kier alpha value is 0.01000. The second kappa shape index (κ2) is 7.70. The van der Waals surface area contributed by atoms with Gasteiger partial charge < -0.3 is 9.05 Å². The minimum absolute atomic E-state index is 0.307. The zero-order valence-corrected chi connectivity index (χ0v) is 13.9. The third-order valence-corrected chi connectivity index (χ3v) is 7.96. The van der Waals surface area contributed by atoms with Gasteiger partial charge in [-0.1, -0.05) is 48.5 Å². The molecule has 0 spiro atoms. The van der Waals surface area contributed by atoms with Crippen LogP contribution in [0.2, 0.25) is 0 Å². The molecular formula is C13H20ClO3PS. The highest BCUT2D eigenvalue weighted by Crippen LogP contribution is 2.69. The molecule has 0 aliphatic heterocycles. The van der Waals surface area contributed by atoms with E-state index in [-0.39, 0.29) is 0 Å². The molecule has 19 heavy (non-hydrogen) atoms. The number of rotatable bonds is 8. The van der Waals surface area contributed by atoms with E-state index in [1.54, 1.807) is 13.8 Å². The maximum absolute atomic E-state index is 12.9. The van der Waals surface area contributed by atoms with Crippen molar-refractivity contribution in [2.75, 3.05) is 13.2 Å². The van der Waals surface area contributed by atoms with Crippen LogP contribution in [0.3, 0.4) is 0 Å². The van der Waals surface area contributed by atoms with E-state index < -0.39 is 11.5 Å². The van der Waals surface area contributed by atoms with Crippen molar-refractivity contribution in [1.29, 1.82) is 0 Å². The average molecular weight is 323 g/mol. The first-order valence-electron chi connectivity index (χ1n) is 6.33. The summed E-state index contributed by atoms with van der Waals surface area (Å²) in [5.74, 6) is 0. The standard InChI is InChI=1S/C13H20ClO3PS/c1-4-13(14,18(15,16-5-2)17-6-3)19-12-10-8-7-9-11-12/h7-11H,4-6H2,1-3H3. The molecule has 108 valence electrons. The summed E-state index contributed by atoms with van der Waals surface area (Å²) >= 11 is 7.90. The summed E-state index contributed by atoms with van der Waals surface area (Å²) in [6.07, 6.45) is 0.478. The quantitative estimate of drug-likeness (QED) is 0.367. The van der Waals surface area contributed by atoms with Crippen molar-refractivity contribution in [1.82, 2.24) is 0 Å². The van der Waals surface area contributed by atoms with E-state index in [4.69, 9.17) is 20.6 Å². The van der Waals surface area contributed by atoms with Crippen LogP contribution in [0.5, 0.6) is 0 Å². The molecule has 0 radical (unpaired) electrons. The Balaban J connectivity index is 3.03. The second-order valence-electron chi connectivity index (χ2n) is 3.79. The number of alkyl halides is 1. The van der Waals surface area contributed by atoms with Gasteiger partial charge >= 0.3 is 7.60 Å². The summed E-state index contributed by atoms with van der Waals surface area (Å²) < 4.78 is 22.5. The van der Waals surface area contributed by atoms with Gasteiger partial charge in [0.2, 0.25) is 0 Å². The summed E-state index contributed by atoms with van der Waals surface area (Å²) in [4.78, 5) is 0.944. The van der Waals surface area contributed by atoms with Crippen LogP contribution in [-0.2, 0) is 13.6 Å². The number of hydrogen-bond acceptors (Lipinski definition) is 4. The molecule has 1 aromatic rings. The van der Waals surface area contributed by atoms with Crippen molar-refractivity contribution < 1.29 is 13.6 Å². The SMILES string of the molecule is CCOP(=O)(OCC)C(Cl)(CC)Sc1ccccc1. The molecule has 0 aliphatic carbocycles. The average Bonchev–Trinajstić information content (AvgIpc) is 2.40. The predicted molar refractivity (Wildman–Crippen MR) is 82.0 cm³/mol. The van der Waals surface area contributed by atoms with Gasteiger partial charge in [-0.2, -0.15) is 0 Å². The van der Waals surface area contributed by atoms with Crippen LogP contribution < -0.4 is 0 Å². The number of thioether (sulfide) groups is 1. The third kappa shape index (κ3) is 4.24. The normalized spacial score (nSPS) is 15.2. The van der Waals surface area contributed by atoms with Crippen LogP contribution in [0, 0.1) is 0 Å². The molecule has 0 amide bonds. The monoisotopic (exact) mass is 322 g/mol. The maximum Gasteiger partial charge on any atom is 0.361 e. The van der Waals surface area contributed by atoms with E-state index in [9.17, 15) is 4.57 Å². The molecule has 6 heteroatoms. The van der Waals surface area contributed by atoms with Crippen molar-refractivity contribution in [2.45, 2.75) is 36.0 Å². The molecule has 1 aromatic carbocycles. The third-order valence-electron chi connectivity index (χ3n) is 2.46. The van der Waals surface area contributed by atoms with E-state index in [0.29, 0.717) is 19.6 Å². The maximum atomic E-state index is 12.9. The van der Waals surface area contributed by atoms with E-state index in [1.165, 1.54) is 11.8 Å². The van der Waals surface area contributed by atoms with Crippen molar-refractivity contribution >= 4 is 31.0 Å². The van der Waals surface area contributed by atoms with Gasteiger partial charge in [-0.05, 0) is 32.4 Å². The Labute approximate surface area is 124 Å². The van der Waals surface area contributed by atoms with Gasteiger partial charge in [0.25, 0.3) is 0 Å². The molecule has 0 saturated heterocycles. The summed E-state index contributed by atoms with van der Waals surface area (Å²) in [5.41, 5.74) is 0. The Morgan fingerprint density at radius 3 is 2.11 bits per heavy atom.